The molecule has 0 radical (unpaired) electrons. The highest BCUT2D eigenvalue weighted by Gasteiger charge is 2.20. The van der Waals surface area contributed by atoms with E-state index in [4.69, 9.17) is 10.5 Å². The van der Waals surface area contributed by atoms with Crippen molar-refractivity contribution >= 4 is 34.3 Å². The van der Waals surface area contributed by atoms with Gasteiger partial charge in [-0.2, -0.15) is 5.11 Å². The highest BCUT2D eigenvalue weighted by Crippen LogP contribution is 2.34. The molecule has 2 aromatic carbocycles. The van der Waals surface area contributed by atoms with Gasteiger partial charge >= 0.3 is 0 Å². The lowest BCUT2D eigenvalue weighted by atomic mass is 9.96. The molecule has 1 aromatic heterocycles. The zero-order chi connectivity index (χ0) is 25.1. The fourth-order valence-corrected chi connectivity index (χ4v) is 4.72. The summed E-state index contributed by atoms with van der Waals surface area (Å²) in [4.78, 5) is 14.4. The summed E-state index contributed by atoms with van der Waals surface area (Å²) in [5, 5.41) is 13.7. The second-order valence-corrected chi connectivity index (χ2v) is 9.36. The van der Waals surface area contributed by atoms with E-state index in [0.29, 0.717) is 18.2 Å². The third-order valence-corrected chi connectivity index (χ3v) is 6.83. The van der Waals surface area contributed by atoms with Gasteiger partial charge in [0.15, 0.2) is 0 Å². The summed E-state index contributed by atoms with van der Waals surface area (Å²) in [6.07, 6.45) is 4.11. The molecule has 5 rings (SSSR count). The van der Waals surface area contributed by atoms with Gasteiger partial charge in [-0.05, 0) is 55.4 Å². The summed E-state index contributed by atoms with van der Waals surface area (Å²) in [5.74, 6) is 0.583. The van der Waals surface area contributed by atoms with Crippen molar-refractivity contribution in [2.75, 3.05) is 55.8 Å². The summed E-state index contributed by atoms with van der Waals surface area (Å²) in [6, 6.07) is 14.5. The van der Waals surface area contributed by atoms with Crippen LogP contribution in [-0.2, 0) is 6.54 Å². The van der Waals surface area contributed by atoms with Crippen molar-refractivity contribution in [3.05, 3.63) is 71.6 Å². The van der Waals surface area contributed by atoms with Crippen LogP contribution in [-0.4, -0.2) is 61.2 Å². The maximum atomic E-state index is 7.41. The van der Waals surface area contributed by atoms with E-state index in [0.717, 1.165) is 59.9 Å². The number of likely N-dealkylation sites (N-methyl/N-ethyl adjacent to an activating group) is 1. The molecular weight excluding hydrogens is 450 g/mol. The number of fused-ring (bicyclic) bond motifs is 1. The number of aromatic nitrogens is 2. The highest BCUT2D eigenvalue weighted by molar-refractivity contribution is 5.85. The summed E-state index contributed by atoms with van der Waals surface area (Å²) in [6.45, 7) is 6.98. The van der Waals surface area contributed by atoms with Gasteiger partial charge in [0.2, 0.25) is 5.95 Å². The molecule has 1 atom stereocenters. The van der Waals surface area contributed by atoms with Crippen molar-refractivity contribution in [3.63, 3.8) is 0 Å². The molecule has 0 spiro atoms. The lowest BCUT2D eigenvalue weighted by molar-refractivity contribution is 0.313. The number of anilines is 4. The minimum atomic E-state index is 0.171. The largest absolute Gasteiger partial charge is 0.386 e. The Kier molecular flexibility index (Phi) is 6.92. The summed E-state index contributed by atoms with van der Waals surface area (Å²) in [7, 11) is 4.01. The normalized spacial score (nSPS) is 18.1. The number of benzene rings is 2. The third-order valence-electron chi connectivity index (χ3n) is 6.83. The summed E-state index contributed by atoms with van der Waals surface area (Å²) in [5.41, 5.74) is 15.1. The summed E-state index contributed by atoms with van der Waals surface area (Å²) >= 11 is 0. The Morgan fingerprint density at radius 1 is 1.11 bits per heavy atom. The smallest absolute Gasteiger partial charge is 0.227 e. The average Bonchev–Trinajstić information content (AvgIpc) is 3.07. The molecule has 2 aliphatic heterocycles. The van der Waals surface area contributed by atoms with E-state index in [1.165, 1.54) is 5.69 Å². The van der Waals surface area contributed by atoms with Crippen LogP contribution in [0, 0.1) is 5.53 Å². The van der Waals surface area contributed by atoms with Crippen molar-refractivity contribution < 1.29 is 0 Å². The van der Waals surface area contributed by atoms with Crippen LogP contribution >= 0.6 is 0 Å². The van der Waals surface area contributed by atoms with Gasteiger partial charge in [0.25, 0.3) is 0 Å². The first kappa shape index (κ1) is 23.9. The molecule has 3 heterocycles. The van der Waals surface area contributed by atoms with E-state index < -0.39 is 0 Å². The lowest BCUT2D eigenvalue weighted by Crippen LogP contribution is -2.44. The van der Waals surface area contributed by atoms with Gasteiger partial charge in [-0.3, -0.25) is 0 Å². The fourth-order valence-electron chi connectivity index (χ4n) is 4.72. The molecule has 1 fully saturated rings. The van der Waals surface area contributed by atoms with Crippen LogP contribution < -0.4 is 20.9 Å². The van der Waals surface area contributed by atoms with Gasteiger partial charge in [-0.1, -0.05) is 18.2 Å². The second kappa shape index (κ2) is 10.4. The topological polar surface area (TPSA) is 105 Å². The summed E-state index contributed by atoms with van der Waals surface area (Å²) < 4.78 is 0. The van der Waals surface area contributed by atoms with Crippen molar-refractivity contribution in [1.29, 1.82) is 5.53 Å². The zero-order valence-corrected chi connectivity index (χ0v) is 21.0. The number of rotatable bonds is 6. The Balaban J connectivity index is 1.42. The molecule has 9 nitrogen and oxygen atoms in total. The van der Waals surface area contributed by atoms with Crippen molar-refractivity contribution in [2.24, 2.45) is 5.11 Å². The molecule has 2 aliphatic rings. The zero-order valence-electron chi connectivity index (χ0n) is 21.0. The molecule has 186 valence electrons. The van der Waals surface area contributed by atoms with E-state index in [2.05, 4.69) is 80.2 Å². The average molecular weight is 484 g/mol. The SMILES string of the molecule is CNc1cc(C2=C[C@@H](C)NCc3nc(Nc4cccc(N5CCN(C)CC5)c4)ncc32)ccc1N=N. The molecule has 36 heavy (non-hydrogen) atoms. The number of nitrogens with zero attached hydrogens (tertiary/aromatic N) is 5. The first-order valence-electron chi connectivity index (χ1n) is 12.4. The Hall–Kier alpha value is -3.82. The molecule has 4 N–H and O–H groups in total. The Labute approximate surface area is 212 Å². The van der Waals surface area contributed by atoms with Crippen molar-refractivity contribution in [2.45, 2.75) is 19.5 Å². The maximum absolute atomic E-state index is 7.41. The fraction of sp³-hybridized carbons (Fsp3) is 0.333. The number of hydrogen-bond donors (Lipinski definition) is 4. The highest BCUT2D eigenvalue weighted by atomic mass is 15.2. The minimum Gasteiger partial charge on any atom is -0.386 e. The minimum absolute atomic E-state index is 0.171. The Morgan fingerprint density at radius 2 is 1.94 bits per heavy atom. The predicted octanol–water partition coefficient (Wildman–Crippen LogP) is 4.60. The van der Waals surface area contributed by atoms with Crippen LogP contribution in [0.3, 0.4) is 0 Å². The van der Waals surface area contributed by atoms with Gasteiger partial charge < -0.3 is 25.8 Å². The van der Waals surface area contributed by atoms with Crippen molar-refractivity contribution in [3.8, 4) is 0 Å². The molecule has 3 aromatic rings. The number of piperazine rings is 1. The van der Waals surface area contributed by atoms with Crippen molar-refractivity contribution in [1.82, 2.24) is 20.2 Å². The number of nitrogens with one attached hydrogen (secondary N) is 4. The van der Waals surface area contributed by atoms with Crippen LogP contribution in [0.15, 0.2) is 59.9 Å². The first-order chi connectivity index (χ1) is 17.5. The molecule has 0 aliphatic carbocycles. The predicted molar refractivity (Wildman–Crippen MR) is 146 cm³/mol. The molecule has 1 saturated heterocycles. The van der Waals surface area contributed by atoms with E-state index in [9.17, 15) is 0 Å². The lowest BCUT2D eigenvalue weighted by Gasteiger charge is -2.34. The maximum Gasteiger partial charge on any atom is 0.227 e. The third kappa shape index (κ3) is 5.07. The molecule has 0 unspecified atom stereocenters. The second-order valence-electron chi connectivity index (χ2n) is 9.36. The van der Waals surface area contributed by atoms with E-state index in [1.807, 2.05) is 31.4 Å². The molecular formula is C27H33N9. The molecule has 0 amide bonds. The molecule has 0 saturated carbocycles. The molecule has 0 bridgehead atoms. The van der Waals surface area contributed by atoms with Crippen LogP contribution in [0.1, 0.15) is 23.7 Å². The Bertz CT molecular complexity index is 1280. The van der Waals surface area contributed by atoms with E-state index in [1.54, 1.807) is 0 Å². The van der Waals surface area contributed by atoms with Gasteiger partial charge in [-0.25, -0.2) is 15.5 Å². The van der Waals surface area contributed by atoms with Gasteiger partial charge in [0.1, 0.15) is 5.69 Å². The van der Waals surface area contributed by atoms with Crippen LogP contribution in [0.2, 0.25) is 0 Å². The van der Waals surface area contributed by atoms with Crippen LogP contribution in [0.5, 0.6) is 0 Å². The van der Waals surface area contributed by atoms with Gasteiger partial charge in [-0.15, -0.1) is 0 Å². The quantitative estimate of drug-likeness (QED) is 0.380. The number of hydrogen-bond acceptors (Lipinski definition) is 9. The van der Waals surface area contributed by atoms with Crippen LogP contribution in [0.4, 0.5) is 28.7 Å². The standard InChI is InChI=1S/C27H33N9/c1-18-13-22(19-7-8-24(34-28)25(14-19)29-2)23-16-31-27(33-26(23)17-30-18)32-20-5-4-6-21(15-20)36-11-9-35(3)10-12-36/h4-8,13-16,18,28-30H,9-12,17H2,1-3H3,(H,31,32,33)/t18-/m1/s1. The van der Waals surface area contributed by atoms with Gasteiger partial charge in [0, 0.05) is 68.9 Å². The first-order valence-corrected chi connectivity index (χ1v) is 12.4. The Morgan fingerprint density at radius 3 is 2.72 bits per heavy atom. The monoisotopic (exact) mass is 483 g/mol. The van der Waals surface area contributed by atoms with Crippen LogP contribution in [0.25, 0.3) is 5.57 Å². The van der Waals surface area contributed by atoms with Gasteiger partial charge in [0.05, 0.1) is 11.4 Å². The van der Waals surface area contributed by atoms with E-state index >= 15 is 0 Å². The van der Waals surface area contributed by atoms with E-state index in [-0.39, 0.29) is 6.04 Å². The molecule has 9 heteroatoms.